The van der Waals surface area contributed by atoms with Crippen molar-refractivity contribution in [2.45, 2.75) is 6.92 Å². The Morgan fingerprint density at radius 2 is 2.33 bits per heavy atom. The van der Waals surface area contributed by atoms with Crippen LogP contribution in [0.3, 0.4) is 0 Å². The Labute approximate surface area is 69.9 Å². The third-order valence-corrected chi connectivity index (χ3v) is 1.52. The number of aromatic nitrogens is 1. The van der Waals surface area contributed by atoms with Gasteiger partial charge in [0, 0.05) is 13.1 Å². The number of ketones is 1. The molecule has 0 radical (unpaired) electrons. The smallest absolute Gasteiger partial charge is 0.249 e. The number of carbonyl (C=O) groups is 1. The molecule has 0 unspecified atom stereocenters. The van der Waals surface area contributed by atoms with Gasteiger partial charge in [0.15, 0.2) is 0 Å². The lowest BCUT2D eigenvalue weighted by atomic mass is 10.1. The fourth-order valence-electron chi connectivity index (χ4n) is 0.842. The maximum atomic E-state index is 10.9. The van der Waals surface area contributed by atoms with E-state index >= 15 is 0 Å². The zero-order valence-corrected chi connectivity index (χ0v) is 6.74. The average molecular weight is 164 g/mol. The van der Waals surface area contributed by atoms with Gasteiger partial charge in [-0.05, 0) is 6.07 Å². The van der Waals surface area contributed by atoms with Crippen molar-refractivity contribution in [1.29, 1.82) is 0 Å². The van der Waals surface area contributed by atoms with Crippen LogP contribution in [0.2, 0.25) is 0 Å². The number of nitrogens with zero attached hydrogens (tertiary/aromatic N) is 1. The van der Waals surface area contributed by atoms with Crippen molar-refractivity contribution in [3.63, 3.8) is 0 Å². The summed E-state index contributed by atoms with van der Waals surface area (Å²) in [6.07, 6.45) is 3.01. The molecule has 0 amide bonds. The monoisotopic (exact) mass is 164 g/mol. The highest BCUT2D eigenvalue weighted by Crippen LogP contribution is 2.07. The standard InChI is InChI=1S/C8H9N3O/c1-5(12)8(10)6-2-3-11-4-7(6)9/h2-4,10H,9H2,1H3/p+1. The van der Waals surface area contributed by atoms with Crippen LogP contribution < -0.4 is 11.1 Å². The predicted octanol–water partition coefficient (Wildman–Crippen LogP) is -1.20. The topological polar surface area (TPSA) is 81.6 Å². The van der Waals surface area contributed by atoms with E-state index in [4.69, 9.17) is 11.1 Å². The number of carbonyl (C=O) groups excluding carboxylic acids is 1. The van der Waals surface area contributed by atoms with Crippen LogP contribution in [0.1, 0.15) is 12.5 Å². The summed E-state index contributed by atoms with van der Waals surface area (Å²) >= 11 is 0. The lowest BCUT2D eigenvalue weighted by molar-refractivity contribution is -0.132. The first-order valence-electron chi connectivity index (χ1n) is 3.46. The Bertz CT molecular complexity index is 333. The van der Waals surface area contributed by atoms with E-state index in [1.807, 2.05) is 0 Å². The molecule has 4 N–H and O–H groups in total. The van der Waals surface area contributed by atoms with Gasteiger partial charge >= 0.3 is 0 Å². The van der Waals surface area contributed by atoms with Gasteiger partial charge < -0.3 is 5.73 Å². The molecule has 4 heteroatoms. The number of pyridine rings is 1. The van der Waals surface area contributed by atoms with Crippen LogP contribution in [0.5, 0.6) is 0 Å². The molecule has 0 atom stereocenters. The summed E-state index contributed by atoms with van der Waals surface area (Å²) in [5, 5.41) is 5.50. The second kappa shape index (κ2) is 3.13. The maximum absolute atomic E-state index is 10.9. The van der Waals surface area contributed by atoms with Crippen LogP contribution in [0.15, 0.2) is 18.5 Å². The number of anilines is 1. The number of Topliss-reactive ketones (excluding diaryl/α,β-unsaturated/α-hetero) is 1. The van der Waals surface area contributed by atoms with Crippen LogP contribution in [-0.4, -0.2) is 16.5 Å². The molecule has 62 valence electrons. The lowest BCUT2D eigenvalue weighted by Gasteiger charge is -1.97. The molecule has 1 aromatic rings. The minimum absolute atomic E-state index is 0.176. The van der Waals surface area contributed by atoms with Gasteiger partial charge in [-0.25, -0.2) is 0 Å². The summed E-state index contributed by atoms with van der Waals surface area (Å²) in [6.45, 7) is 1.40. The number of hydrogen-bond acceptors (Lipinski definition) is 3. The fraction of sp³-hybridized carbons (Fsp3) is 0.125. The Morgan fingerprint density at radius 3 is 2.83 bits per heavy atom. The van der Waals surface area contributed by atoms with Gasteiger partial charge in [0.05, 0.1) is 17.4 Å². The van der Waals surface area contributed by atoms with E-state index in [0.717, 1.165) is 0 Å². The third kappa shape index (κ3) is 1.47. The average Bonchev–Trinajstić information content (AvgIpc) is 2.04. The highest BCUT2D eigenvalue weighted by molar-refractivity contribution is 6.43. The molecule has 0 aromatic carbocycles. The zero-order valence-electron chi connectivity index (χ0n) is 6.74. The van der Waals surface area contributed by atoms with Gasteiger partial charge in [0.2, 0.25) is 11.5 Å². The Hall–Kier alpha value is -1.71. The van der Waals surface area contributed by atoms with Crippen molar-refractivity contribution >= 4 is 17.2 Å². The number of rotatable bonds is 2. The van der Waals surface area contributed by atoms with E-state index in [1.54, 1.807) is 12.3 Å². The van der Waals surface area contributed by atoms with E-state index in [1.165, 1.54) is 13.1 Å². The minimum atomic E-state index is -0.187. The van der Waals surface area contributed by atoms with Crippen molar-refractivity contribution in [3.05, 3.63) is 24.0 Å². The van der Waals surface area contributed by atoms with E-state index in [0.29, 0.717) is 11.3 Å². The fourth-order valence-corrected chi connectivity index (χ4v) is 0.842. The zero-order chi connectivity index (χ0) is 9.14. The Morgan fingerprint density at radius 1 is 1.67 bits per heavy atom. The van der Waals surface area contributed by atoms with Crippen LogP contribution in [-0.2, 0) is 4.79 Å². The number of nitrogen functional groups attached to an aromatic ring is 1. The summed E-state index contributed by atoms with van der Waals surface area (Å²) in [4.78, 5) is 14.6. The molecule has 0 saturated carbocycles. The molecule has 0 aliphatic heterocycles. The van der Waals surface area contributed by atoms with Crippen molar-refractivity contribution in [2.75, 3.05) is 5.73 Å². The van der Waals surface area contributed by atoms with Crippen molar-refractivity contribution in [3.8, 4) is 0 Å². The molecule has 0 aliphatic carbocycles. The molecule has 1 heterocycles. The van der Waals surface area contributed by atoms with Gasteiger partial charge in [-0.1, -0.05) is 0 Å². The normalized spacial score (nSPS) is 9.42. The second-order valence-electron chi connectivity index (χ2n) is 2.43. The predicted molar refractivity (Wildman–Crippen MR) is 45.4 cm³/mol. The first-order chi connectivity index (χ1) is 5.63. The van der Waals surface area contributed by atoms with Crippen LogP contribution >= 0.6 is 0 Å². The third-order valence-electron chi connectivity index (χ3n) is 1.52. The molecule has 4 nitrogen and oxygen atoms in total. The first kappa shape index (κ1) is 8.39. The molecule has 0 bridgehead atoms. The highest BCUT2D eigenvalue weighted by Gasteiger charge is 2.14. The van der Waals surface area contributed by atoms with E-state index < -0.39 is 0 Å². The first-order valence-corrected chi connectivity index (χ1v) is 3.46. The van der Waals surface area contributed by atoms with E-state index in [9.17, 15) is 4.79 Å². The lowest BCUT2D eigenvalue weighted by Crippen LogP contribution is -2.44. The summed E-state index contributed by atoms with van der Waals surface area (Å²) in [5.41, 5.74) is 6.69. The summed E-state index contributed by atoms with van der Waals surface area (Å²) in [6, 6.07) is 1.62. The maximum Gasteiger partial charge on any atom is 0.249 e. The molecule has 1 rings (SSSR count). The second-order valence-corrected chi connectivity index (χ2v) is 2.43. The van der Waals surface area contributed by atoms with Crippen LogP contribution in [0.25, 0.3) is 0 Å². The molecule has 0 spiro atoms. The molecule has 1 aromatic heterocycles. The van der Waals surface area contributed by atoms with Gasteiger partial charge in [-0.3, -0.25) is 15.2 Å². The largest absolute Gasteiger partial charge is 0.397 e. The van der Waals surface area contributed by atoms with Gasteiger partial charge in [0.25, 0.3) is 0 Å². The van der Waals surface area contributed by atoms with Crippen molar-refractivity contribution < 1.29 is 10.2 Å². The van der Waals surface area contributed by atoms with Crippen molar-refractivity contribution in [1.82, 2.24) is 4.98 Å². The van der Waals surface area contributed by atoms with Gasteiger partial charge in [-0.2, -0.15) is 0 Å². The Balaban J connectivity index is 3.11. The minimum Gasteiger partial charge on any atom is -0.397 e. The molecule has 0 aliphatic rings. The molecule has 0 fully saturated rings. The van der Waals surface area contributed by atoms with Crippen LogP contribution in [0.4, 0.5) is 5.69 Å². The quantitative estimate of drug-likeness (QED) is 0.539. The number of nitrogens with two attached hydrogens (primary N) is 2. The summed E-state index contributed by atoms with van der Waals surface area (Å²) in [7, 11) is 0. The molecular formula is C8H10N3O+. The summed E-state index contributed by atoms with van der Waals surface area (Å²) in [5.74, 6) is -0.187. The Kier molecular flexibility index (Phi) is 2.19. The highest BCUT2D eigenvalue weighted by atomic mass is 16.1. The van der Waals surface area contributed by atoms with Crippen LogP contribution in [0, 0.1) is 0 Å². The number of hydrogen-bond donors (Lipinski definition) is 2. The van der Waals surface area contributed by atoms with E-state index in [-0.39, 0.29) is 11.5 Å². The van der Waals surface area contributed by atoms with Crippen molar-refractivity contribution in [2.24, 2.45) is 0 Å². The molecule has 0 saturated heterocycles. The van der Waals surface area contributed by atoms with Gasteiger partial charge in [-0.15, -0.1) is 0 Å². The molecule has 12 heavy (non-hydrogen) atoms. The molecular weight excluding hydrogens is 154 g/mol. The SMILES string of the molecule is CC(=O)C(=[NH2+])c1ccncc1N. The van der Waals surface area contributed by atoms with Gasteiger partial charge in [0.1, 0.15) is 0 Å². The summed E-state index contributed by atoms with van der Waals surface area (Å²) < 4.78 is 0. The van der Waals surface area contributed by atoms with E-state index in [2.05, 4.69) is 4.98 Å².